The van der Waals surface area contributed by atoms with Gasteiger partial charge in [-0.05, 0) is 12.2 Å². The summed E-state index contributed by atoms with van der Waals surface area (Å²) in [5, 5.41) is 3.61. The third-order valence-corrected chi connectivity index (χ3v) is 3.09. The van der Waals surface area contributed by atoms with Crippen molar-refractivity contribution in [2.45, 2.75) is 6.54 Å². The molecular formula is C7H10ClN3S2. The molecule has 3 nitrogen and oxygen atoms in total. The minimum Gasteiger partial charge on any atom is -0.366 e. The van der Waals surface area contributed by atoms with Crippen LogP contribution >= 0.6 is 35.2 Å². The van der Waals surface area contributed by atoms with E-state index in [4.69, 9.17) is 23.8 Å². The van der Waals surface area contributed by atoms with Gasteiger partial charge in [-0.1, -0.05) is 11.6 Å². The topological polar surface area (TPSA) is 28.2 Å². The average molecular weight is 236 g/mol. The van der Waals surface area contributed by atoms with Crippen LogP contribution in [-0.2, 0) is 6.54 Å². The molecule has 1 N–H and O–H groups in total. The van der Waals surface area contributed by atoms with Gasteiger partial charge < -0.3 is 10.2 Å². The molecule has 0 aromatic carbocycles. The van der Waals surface area contributed by atoms with Crippen LogP contribution in [0.15, 0.2) is 6.20 Å². The minimum absolute atomic E-state index is 0.568. The van der Waals surface area contributed by atoms with E-state index in [1.807, 2.05) is 11.9 Å². The molecule has 0 fully saturated rings. The molecule has 0 aliphatic rings. The van der Waals surface area contributed by atoms with Crippen LogP contribution in [0.25, 0.3) is 0 Å². The Balaban J connectivity index is 2.54. The number of thiocarbonyl (C=S) groups is 1. The van der Waals surface area contributed by atoms with Crippen molar-refractivity contribution in [3.05, 3.63) is 15.5 Å². The van der Waals surface area contributed by atoms with Crippen molar-refractivity contribution in [3.63, 3.8) is 0 Å². The maximum absolute atomic E-state index is 5.70. The summed E-state index contributed by atoms with van der Waals surface area (Å²) in [6.07, 6.45) is 1.77. The van der Waals surface area contributed by atoms with Crippen LogP contribution in [0.3, 0.4) is 0 Å². The SMILES string of the molecule is CNC(=S)N(C)Cc1cnc(Cl)s1. The first-order valence-electron chi connectivity index (χ1n) is 3.66. The zero-order valence-corrected chi connectivity index (χ0v) is 9.76. The van der Waals surface area contributed by atoms with Gasteiger partial charge in [0.2, 0.25) is 0 Å². The van der Waals surface area contributed by atoms with Gasteiger partial charge >= 0.3 is 0 Å². The fourth-order valence-electron chi connectivity index (χ4n) is 0.853. The van der Waals surface area contributed by atoms with E-state index < -0.39 is 0 Å². The third kappa shape index (κ3) is 3.10. The number of hydrogen-bond donors (Lipinski definition) is 1. The number of nitrogens with one attached hydrogen (secondary N) is 1. The summed E-state index contributed by atoms with van der Waals surface area (Å²) in [7, 11) is 3.73. The first-order valence-corrected chi connectivity index (χ1v) is 5.27. The second kappa shape index (κ2) is 4.74. The Bertz CT molecular complexity index is 300. The molecular weight excluding hydrogens is 226 g/mol. The molecule has 0 amide bonds. The minimum atomic E-state index is 0.568. The molecule has 0 saturated heterocycles. The van der Waals surface area contributed by atoms with Crippen LogP contribution in [0.4, 0.5) is 0 Å². The highest BCUT2D eigenvalue weighted by Crippen LogP contribution is 2.18. The molecule has 1 aromatic heterocycles. The van der Waals surface area contributed by atoms with E-state index in [1.54, 1.807) is 13.2 Å². The van der Waals surface area contributed by atoms with E-state index in [9.17, 15) is 0 Å². The molecule has 0 atom stereocenters. The Morgan fingerprint density at radius 3 is 3.00 bits per heavy atom. The summed E-state index contributed by atoms with van der Waals surface area (Å²) in [6, 6.07) is 0. The summed E-state index contributed by atoms with van der Waals surface area (Å²) in [6.45, 7) is 0.740. The molecule has 0 saturated carbocycles. The Morgan fingerprint density at radius 2 is 2.54 bits per heavy atom. The van der Waals surface area contributed by atoms with Crippen LogP contribution < -0.4 is 5.32 Å². The summed E-state index contributed by atoms with van der Waals surface area (Å²) in [4.78, 5) is 6.98. The van der Waals surface area contributed by atoms with Crippen molar-refractivity contribution >= 4 is 40.3 Å². The standard InChI is InChI=1S/C7H10ClN3S2/c1-9-7(12)11(2)4-5-3-10-6(8)13-5/h3H,4H2,1-2H3,(H,9,12). The first-order chi connectivity index (χ1) is 6.13. The Labute approximate surface area is 91.7 Å². The predicted molar refractivity (Wildman–Crippen MR) is 60.2 cm³/mol. The first kappa shape index (κ1) is 10.7. The van der Waals surface area contributed by atoms with Gasteiger partial charge in [-0.3, -0.25) is 0 Å². The molecule has 0 unspecified atom stereocenters. The van der Waals surface area contributed by atoms with Crippen molar-refractivity contribution in [3.8, 4) is 0 Å². The van der Waals surface area contributed by atoms with Crippen molar-refractivity contribution in [1.29, 1.82) is 0 Å². The highest BCUT2D eigenvalue weighted by molar-refractivity contribution is 7.80. The number of aromatic nitrogens is 1. The monoisotopic (exact) mass is 235 g/mol. The molecule has 1 heterocycles. The number of nitrogens with zero attached hydrogens (tertiary/aromatic N) is 2. The predicted octanol–water partition coefficient (Wildman–Crippen LogP) is 1.73. The lowest BCUT2D eigenvalue weighted by molar-refractivity contribution is 0.499. The Hall–Kier alpha value is -0.390. The lowest BCUT2D eigenvalue weighted by Gasteiger charge is -2.17. The van der Waals surface area contributed by atoms with Crippen LogP contribution in [0, 0.1) is 0 Å². The number of halogens is 1. The molecule has 13 heavy (non-hydrogen) atoms. The summed E-state index contributed by atoms with van der Waals surface area (Å²) >= 11 is 12.2. The lowest BCUT2D eigenvalue weighted by Crippen LogP contribution is -2.33. The highest BCUT2D eigenvalue weighted by Gasteiger charge is 2.05. The molecule has 0 bridgehead atoms. The van der Waals surface area contributed by atoms with Crippen LogP contribution in [-0.4, -0.2) is 29.1 Å². The highest BCUT2D eigenvalue weighted by atomic mass is 35.5. The zero-order chi connectivity index (χ0) is 9.84. The van der Waals surface area contributed by atoms with E-state index >= 15 is 0 Å². The third-order valence-electron chi connectivity index (χ3n) is 1.48. The number of rotatable bonds is 2. The van der Waals surface area contributed by atoms with Gasteiger partial charge in [-0.2, -0.15) is 0 Å². The van der Waals surface area contributed by atoms with Gasteiger partial charge in [0.15, 0.2) is 9.58 Å². The van der Waals surface area contributed by atoms with E-state index in [0.29, 0.717) is 9.58 Å². The van der Waals surface area contributed by atoms with Crippen molar-refractivity contribution < 1.29 is 0 Å². The fourth-order valence-corrected chi connectivity index (χ4v) is 1.95. The molecule has 6 heteroatoms. The second-order valence-electron chi connectivity index (χ2n) is 2.49. The van der Waals surface area contributed by atoms with Crippen molar-refractivity contribution in [2.75, 3.05) is 14.1 Å². The molecule has 0 radical (unpaired) electrons. The van der Waals surface area contributed by atoms with Gasteiger partial charge in [0.25, 0.3) is 0 Å². The van der Waals surface area contributed by atoms with Crippen LogP contribution in [0.1, 0.15) is 4.88 Å². The van der Waals surface area contributed by atoms with Gasteiger partial charge in [-0.15, -0.1) is 11.3 Å². The summed E-state index contributed by atoms with van der Waals surface area (Å²) in [5.74, 6) is 0. The summed E-state index contributed by atoms with van der Waals surface area (Å²) < 4.78 is 0.568. The van der Waals surface area contributed by atoms with E-state index in [0.717, 1.165) is 11.4 Å². The zero-order valence-electron chi connectivity index (χ0n) is 7.37. The fraction of sp³-hybridized carbons (Fsp3) is 0.429. The van der Waals surface area contributed by atoms with Crippen LogP contribution in [0.2, 0.25) is 4.47 Å². The average Bonchev–Trinajstić information content (AvgIpc) is 2.49. The van der Waals surface area contributed by atoms with Gasteiger partial charge in [0.05, 0.1) is 6.54 Å². The lowest BCUT2D eigenvalue weighted by atomic mass is 10.5. The second-order valence-corrected chi connectivity index (χ2v) is 4.57. The Kier molecular flexibility index (Phi) is 3.90. The van der Waals surface area contributed by atoms with Crippen molar-refractivity contribution in [1.82, 2.24) is 15.2 Å². The van der Waals surface area contributed by atoms with E-state index in [2.05, 4.69) is 10.3 Å². The van der Waals surface area contributed by atoms with E-state index in [1.165, 1.54) is 11.3 Å². The molecule has 72 valence electrons. The molecule has 0 aliphatic heterocycles. The largest absolute Gasteiger partial charge is 0.366 e. The molecule has 0 spiro atoms. The maximum atomic E-state index is 5.70. The molecule has 1 rings (SSSR count). The Morgan fingerprint density at radius 1 is 1.85 bits per heavy atom. The maximum Gasteiger partial charge on any atom is 0.183 e. The molecule has 0 aliphatic carbocycles. The van der Waals surface area contributed by atoms with Gasteiger partial charge in [-0.25, -0.2) is 4.98 Å². The quantitative estimate of drug-likeness (QED) is 0.791. The smallest absolute Gasteiger partial charge is 0.183 e. The van der Waals surface area contributed by atoms with Crippen molar-refractivity contribution in [2.24, 2.45) is 0 Å². The normalized spacial score (nSPS) is 9.77. The number of hydrogen-bond acceptors (Lipinski definition) is 3. The summed E-state index contributed by atoms with van der Waals surface area (Å²) in [5.41, 5.74) is 0. The number of thiazole rings is 1. The molecule has 1 aromatic rings. The van der Waals surface area contributed by atoms with E-state index in [-0.39, 0.29) is 0 Å². The van der Waals surface area contributed by atoms with Gasteiger partial charge in [0, 0.05) is 25.2 Å². The van der Waals surface area contributed by atoms with Crippen LogP contribution in [0.5, 0.6) is 0 Å². The van der Waals surface area contributed by atoms with Gasteiger partial charge in [0.1, 0.15) is 0 Å².